The Balaban J connectivity index is 2.98. The quantitative estimate of drug-likeness (QED) is 0.268. The summed E-state index contributed by atoms with van der Waals surface area (Å²) in [7, 11) is 2.69. The highest BCUT2D eigenvalue weighted by molar-refractivity contribution is 7.95. The van der Waals surface area contributed by atoms with Crippen molar-refractivity contribution in [3.8, 4) is 0 Å². The first-order valence-corrected chi connectivity index (χ1v) is 3.79. The molecule has 1 rings (SSSR count). The molecule has 0 aromatic rings. The molecule has 1 heterocycles. The van der Waals surface area contributed by atoms with Gasteiger partial charge in [0, 0.05) is 14.1 Å². The summed E-state index contributed by atoms with van der Waals surface area (Å²) in [6.45, 7) is 0. The third-order valence-electron chi connectivity index (χ3n) is 1.41. The largest absolute Gasteiger partial charge is 0.351 e. The Bertz CT molecular complexity index is 220. The lowest BCUT2D eigenvalue weighted by atomic mass is 10.2. The third kappa shape index (κ3) is 1.15. The minimum Gasteiger partial charge on any atom is -0.351 e. The number of hydrogen-bond donors (Lipinski definition) is 2. The molecule has 0 aromatic heterocycles. The smallest absolute Gasteiger partial charge is 0.329 e. The fraction of sp³-hybridized carbons (Fsp3) is 0.600. The maximum Gasteiger partial charge on any atom is 0.329 e. The molecule has 6 nitrogen and oxygen atoms in total. The molecule has 0 atom stereocenters. The molecule has 68 valence electrons. The molecule has 1 saturated heterocycles. The van der Waals surface area contributed by atoms with Gasteiger partial charge in [0.2, 0.25) is 0 Å². The highest BCUT2D eigenvalue weighted by Crippen LogP contribution is 2.25. The zero-order chi connectivity index (χ0) is 9.52. The van der Waals surface area contributed by atoms with E-state index in [9.17, 15) is 9.59 Å². The van der Waals surface area contributed by atoms with E-state index in [1.54, 1.807) is 0 Å². The van der Waals surface area contributed by atoms with Crippen molar-refractivity contribution in [2.24, 2.45) is 0 Å². The summed E-state index contributed by atoms with van der Waals surface area (Å²) in [6, 6.07) is 0. The van der Waals surface area contributed by atoms with E-state index in [2.05, 4.69) is 0 Å². The van der Waals surface area contributed by atoms with Crippen molar-refractivity contribution in [1.29, 1.82) is 0 Å². The predicted octanol–water partition coefficient (Wildman–Crippen LogP) is -1.84. The van der Waals surface area contributed by atoms with Crippen LogP contribution in [-0.2, 0) is 9.59 Å². The molecule has 7 heteroatoms. The molecule has 1 aliphatic rings. The van der Waals surface area contributed by atoms with Crippen molar-refractivity contribution in [2.45, 2.75) is 5.79 Å². The molecular formula is C5H8N2O4S. The van der Waals surface area contributed by atoms with E-state index in [-0.39, 0.29) is 0 Å². The zero-order valence-electron chi connectivity index (χ0n) is 6.51. The van der Waals surface area contributed by atoms with Gasteiger partial charge in [0.1, 0.15) is 0 Å². The number of aliphatic hydroxyl groups is 2. The summed E-state index contributed by atoms with van der Waals surface area (Å²) in [4.78, 5) is 21.9. The van der Waals surface area contributed by atoms with Crippen LogP contribution < -0.4 is 0 Å². The molecule has 0 saturated carbocycles. The Morgan fingerprint density at radius 1 is 1.17 bits per heavy atom. The Morgan fingerprint density at radius 3 is 1.83 bits per heavy atom. The van der Waals surface area contributed by atoms with Gasteiger partial charge in [-0.15, -0.1) is 0 Å². The molecule has 0 radical (unpaired) electrons. The molecule has 1 fully saturated rings. The van der Waals surface area contributed by atoms with E-state index in [4.69, 9.17) is 10.2 Å². The lowest BCUT2D eigenvalue weighted by Crippen LogP contribution is -2.60. The van der Waals surface area contributed by atoms with E-state index < -0.39 is 17.6 Å². The average molecular weight is 192 g/mol. The Morgan fingerprint density at radius 2 is 1.50 bits per heavy atom. The predicted molar refractivity (Wildman–Crippen MR) is 40.3 cm³/mol. The Labute approximate surface area is 73.0 Å². The number of hydrogen-bond acceptors (Lipinski definition) is 5. The maximum atomic E-state index is 11.0. The van der Waals surface area contributed by atoms with Crippen molar-refractivity contribution in [1.82, 2.24) is 8.61 Å². The second-order valence-electron chi connectivity index (χ2n) is 2.36. The molecule has 1 aliphatic heterocycles. The molecule has 2 amide bonds. The van der Waals surface area contributed by atoms with Crippen molar-refractivity contribution < 1.29 is 19.8 Å². The standard InChI is InChI=1S/C5H8N2O4S/c1-6-3(8)5(10,11)4(9)7(2)12-6/h10-11H,1-2H3. The lowest BCUT2D eigenvalue weighted by molar-refractivity contribution is -0.201. The highest BCUT2D eigenvalue weighted by Gasteiger charge is 2.50. The summed E-state index contributed by atoms with van der Waals surface area (Å²) in [5.41, 5.74) is 0. The first kappa shape index (κ1) is 9.30. The number of likely N-dealkylation sites (N-methyl/N-ethyl adjacent to an activating group) is 2. The van der Waals surface area contributed by atoms with Crippen LogP contribution in [0, 0.1) is 0 Å². The molecule has 0 spiro atoms. The highest BCUT2D eigenvalue weighted by atomic mass is 32.2. The van der Waals surface area contributed by atoms with Gasteiger partial charge >= 0.3 is 17.6 Å². The Hall–Kier alpha value is -0.790. The van der Waals surface area contributed by atoms with Gasteiger partial charge in [0.25, 0.3) is 0 Å². The summed E-state index contributed by atoms with van der Waals surface area (Å²) in [5, 5.41) is 18.0. The van der Waals surface area contributed by atoms with Crippen molar-refractivity contribution in [3.05, 3.63) is 0 Å². The van der Waals surface area contributed by atoms with E-state index in [0.29, 0.717) is 0 Å². The topological polar surface area (TPSA) is 81.1 Å². The molecule has 0 bridgehead atoms. The van der Waals surface area contributed by atoms with Gasteiger partial charge in [0.05, 0.1) is 12.1 Å². The van der Waals surface area contributed by atoms with E-state index in [1.807, 2.05) is 0 Å². The molecule has 0 unspecified atom stereocenters. The fourth-order valence-electron chi connectivity index (χ4n) is 0.788. The SMILES string of the molecule is CN1SN(C)C(=O)C(O)(O)C1=O. The second kappa shape index (κ2) is 2.61. The summed E-state index contributed by atoms with van der Waals surface area (Å²) < 4.78 is 1.95. The summed E-state index contributed by atoms with van der Waals surface area (Å²) in [6.07, 6.45) is 0. The third-order valence-corrected chi connectivity index (χ3v) is 2.23. The maximum absolute atomic E-state index is 11.0. The van der Waals surface area contributed by atoms with Crippen LogP contribution in [0.25, 0.3) is 0 Å². The number of nitrogens with zero attached hydrogens (tertiary/aromatic N) is 2. The van der Waals surface area contributed by atoms with E-state index in [1.165, 1.54) is 14.1 Å². The minimum atomic E-state index is -2.91. The van der Waals surface area contributed by atoms with Crippen LogP contribution in [0.2, 0.25) is 0 Å². The van der Waals surface area contributed by atoms with Gasteiger partial charge in [-0.3, -0.25) is 18.2 Å². The van der Waals surface area contributed by atoms with Crippen molar-refractivity contribution >= 4 is 23.9 Å². The molecule has 0 aromatic carbocycles. The van der Waals surface area contributed by atoms with Crippen LogP contribution in [-0.4, -0.2) is 50.5 Å². The fourth-order valence-corrected chi connectivity index (χ4v) is 1.56. The Kier molecular flexibility index (Phi) is 2.02. The number of carbonyl (C=O) groups excluding carboxylic acids is 2. The lowest BCUT2D eigenvalue weighted by Gasteiger charge is -2.34. The summed E-state index contributed by atoms with van der Waals surface area (Å²) in [5.74, 6) is -4.97. The van der Waals surface area contributed by atoms with Crippen LogP contribution >= 0.6 is 12.1 Å². The minimum absolute atomic E-state index is 0.807. The van der Waals surface area contributed by atoms with Crippen LogP contribution in [0.3, 0.4) is 0 Å². The van der Waals surface area contributed by atoms with E-state index >= 15 is 0 Å². The second-order valence-corrected chi connectivity index (χ2v) is 3.62. The van der Waals surface area contributed by atoms with Gasteiger partial charge < -0.3 is 10.2 Å². The van der Waals surface area contributed by atoms with Gasteiger partial charge in [-0.2, -0.15) is 0 Å². The van der Waals surface area contributed by atoms with Gasteiger partial charge in [-0.05, 0) is 0 Å². The molecular weight excluding hydrogens is 184 g/mol. The summed E-state index contributed by atoms with van der Waals surface area (Å²) >= 11 is 0.807. The van der Waals surface area contributed by atoms with Crippen LogP contribution in [0.4, 0.5) is 0 Å². The zero-order valence-corrected chi connectivity index (χ0v) is 7.33. The van der Waals surface area contributed by atoms with E-state index in [0.717, 1.165) is 20.7 Å². The first-order valence-electron chi connectivity index (χ1n) is 3.06. The van der Waals surface area contributed by atoms with Crippen molar-refractivity contribution in [2.75, 3.05) is 14.1 Å². The number of amides is 2. The number of rotatable bonds is 0. The normalized spacial score (nSPS) is 23.3. The number of carbonyl (C=O) groups is 2. The average Bonchev–Trinajstić information content (AvgIpc) is 1.99. The van der Waals surface area contributed by atoms with Crippen LogP contribution in [0.5, 0.6) is 0 Å². The van der Waals surface area contributed by atoms with Gasteiger partial charge in [0.15, 0.2) is 0 Å². The van der Waals surface area contributed by atoms with Crippen molar-refractivity contribution in [3.63, 3.8) is 0 Å². The van der Waals surface area contributed by atoms with Crippen LogP contribution in [0.15, 0.2) is 0 Å². The van der Waals surface area contributed by atoms with Crippen LogP contribution in [0.1, 0.15) is 0 Å². The molecule has 0 aliphatic carbocycles. The monoisotopic (exact) mass is 192 g/mol. The first-order chi connectivity index (χ1) is 5.37. The molecule has 2 N–H and O–H groups in total. The van der Waals surface area contributed by atoms with Gasteiger partial charge in [-0.25, -0.2) is 0 Å². The molecule has 12 heavy (non-hydrogen) atoms. The van der Waals surface area contributed by atoms with Gasteiger partial charge in [-0.1, -0.05) is 0 Å².